The van der Waals surface area contributed by atoms with Crippen LogP contribution in [0.2, 0.25) is 5.02 Å². The molecule has 3 N–H and O–H groups in total. The topological polar surface area (TPSA) is 97.3 Å². The molecule has 116 valence electrons. The summed E-state index contributed by atoms with van der Waals surface area (Å²) in [6.45, 7) is 1.25. The van der Waals surface area contributed by atoms with Gasteiger partial charge in [-0.25, -0.2) is 4.79 Å². The zero-order chi connectivity index (χ0) is 15.5. The van der Waals surface area contributed by atoms with Crippen molar-refractivity contribution < 1.29 is 9.21 Å². The van der Waals surface area contributed by atoms with E-state index in [1.807, 2.05) is 0 Å². The molecule has 2 aromatic rings. The number of rotatable bonds is 2. The number of piperidine rings is 1. The van der Waals surface area contributed by atoms with Gasteiger partial charge >= 0.3 is 12.0 Å². The molecule has 1 fully saturated rings. The quantitative estimate of drug-likeness (QED) is 0.886. The number of nitrogen functional groups attached to an aromatic ring is 1. The summed E-state index contributed by atoms with van der Waals surface area (Å²) >= 11 is 5.90. The Bertz CT molecular complexity index is 667. The molecule has 1 aromatic carbocycles. The SMILES string of the molecule is Nc1nnc(C2CCN(C(=O)Nc3cccc(Cl)c3)CC2)o1. The van der Waals surface area contributed by atoms with E-state index in [0.717, 1.165) is 12.8 Å². The van der Waals surface area contributed by atoms with Crippen molar-refractivity contribution in [2.45, 2.75) is 18.8 Å². The summed E-state index contributed by atoms with van der Waals surface area (Å²) in [5, 5.41) is 11.0. The van der Waals surface area contributed by atoms with Crippen LogP contribution in [0.1, 0.15) is 24.7 Å². The Morgan fingerprint density at radius 3 is 2.77 bits per heavy atom. The van der Waals surface area contributed by atoms with Crippen molar-refractivity contribution in [3.05, 3.63) is 35.2 Å². The second-order valence-electron chi connectivity index (χ2n) is 5.18. The van der Waals surface area contributed by atoms with Crippen molar-refractivity contribution in [3.8, 4) is 0 Å². The highest BCUT2D eigenvalue weighted by Gasteiger charge is 2.27. The lowest BCUT2D eigenvalue weighted by molar-refractivity contribution is 0.190. The maximum atomic E-state index is 12.2. The van der Waals surface area contributed by atoms with E-state index in [-0.39, 0.29) is 18.0 Å². The third-order valence-electron chi connectivity index (χ3n) is 3.66. The van der Waals surface area contributed by atoms with E-state index < -0.39 is 0 Å². The third kappa shape index (κ3) is 3.30. The van der Waals surface area contributed by atoms with E-state index in [1.165, 1.54) is 0 Å². The van der Waals surface area contributed by atoms with Crippen molar-refractivity contribution >= 4 is 29.3 Å². The molecular weight excluding hydrogens is 306 g/mol. The average Bonchev–Trinajstić information content (AvgIpc) is 2.94. The monoisotopic (exact) mass is 321 g/mol. The lowest BCUT2D eigenvalue weighted by Gasteiger charge is -2.30. The molecule has 2 heterocycles. The Hall–Kier alpha value is -2.28. The molecule has 1 aliphatic heterocycles. The van der Waals surface area contributed by atoms with Crippen LogP contribution in [-0.4, -0.2) is 34.2 Å². The van der Waals surface area contributed by atoms with E-state index in [0.29, 0.717) is 29.7 Å². The second-order valence-corrected chi connectivity index (χ2v) is 5.62. The van der Waals surface area contributed by atoms with Crippen molar-refractivity contribution in [3.63, 3.8) is 0 Å². The number of benzene rings is 1. The summed E-state index contributed by atoms with van der Waals surface area (Å²) in [7, 11) is 0. The van der Waals surface area contributed by atoms with Gasteiger partial charge in [-0.05, 0) is 31.0 Å². The summed E-state index contributed by atoms with van der Waals surface area (Å²) in [6.07, 6.45) is 1.54. The van der Waals surface area contributed by atoms with Crippen LogP contribution in [-0.2, 0) is 0 Å². The van der Waals surface area contributed by atoms with Gasteiger partial charge in [0.25, 0.3) is 0 Å². The van der Waals surface area contributed by atoms with Gasteiger partial charge in [-0.3, -0.25) is 0 Å². The first-order valence-corrected chi connectivity index (χ1v) is 7.40. The van der Waals surface area contributed by atoms with Gasteiger partial charge in [0.05, 0.1) is 0 Å². The van der Waals surface area contributed by atoms with Crippen LogP contribution < -0.4 is 11.1 Å². The van der Waals surface area contributed by atoms with Gasteiger partial charge in [0.2, 0.25) is 5.89 Å². The minimum atomic E-state index is -0.134. The molecule has 0 aliphatic carbocycles. The van der Waals surface area contributed by atoms with Gasteiger partial charge in [-0.1, -0.05) is 22.8 Å². The van der Waals surface area contributed by atoms with Gasteiger partial charge in [0, 0.05) is 29.7 Å². The second kappa shape index (κ2) is 6.23. The van der Waals surface area contributed by atoms with Gasteiger partial charge in [0.1, 0.15) is 0 Å². The van der Waals surface area contributed by atoms with Crippen LogP contribution in [0.5, 0.6) is 0 Å². The maximum Gasteiger partial charge on any atom is 0.321 e. The number of carbonyl (C=O) groups is 1. The molecule has 3 rings (SSSR count). The van der Waals surface area contributed by atoms with Gasteiger partial charge in [-0.15, -0.1) is 5.10 Å². The summed E-state index contributed by atoms with van der Waals surface area (Å²) in [5.41, 5.74) is 6.12. The van der Waals surface area contributed by atoms with Gasteiger partial charge in [0.15, 0.2) is 0 Å². The molecule has 7 nitrogen and oxygen atoms in total. The zero-order valence-electron chi connectivity index (χ0n) is 11.8. The number of urea groups is 1. The number of halogens is 1. The molecular formula is C14H16ClN5O2. The number of anilines is 2. The molecule has 0 bridgehead atoms. The van der Waals surface area contributed by atoms with Crippen LogP contribution in [0.25, 0.3) is 0 Å². The van der Waals surface area contributed by atoms with Gasteiger partial charge < -0.3 is 20.4 Å². The van der Waals surface area contributed by atoms with Crippen molar-refractivity contribution in [2.75, 3.05) is 24.1 Å². The molecule has 0 radical (unpaired) electrons. The van der Waals surface area contributed by atoms with E-state index in [1.54, 1.807) is 29.2 Å². The highest BCUT2D eigenvalue weighted by atomic mass is 35.5. The van der Waals surface area contributed by atoms with Crippen LogP contribution >= 0.6 is 11.6 Å². The standard InChI is InChI=1S/C14H16ClN5O2/c15-10-2-1-3-11(8-10)17-14(21)20-6-4-9(5-7-20)12-18-19-13(16)22-12/h1-3,8-9H,4-7H2,(H2,16,19)(H,17,21). The lowest BCUT2D eigenvalue weighted by Crippen LogP contribution is -2.40. The number of aromatic nitrogens is 2. The molecule has 0 atom stereocenters. The number of nitrogens with two attached hydrogens (primary N) is 1. The fourth-order valence-corrected chi connectivity index (χ4v) is 2.70. The van der Waals surface area contributed by atoms with E-state index >= 15 is 0 Å². The molecule has 0 spiro atoms. The highest BCUT2D eigenvalue weighted by molar-refractivity contribution is 6.30. The minimum Gasteiger partial charge on any atom is -0.408 e. The first-order valence-electron chi connectivity index (χ1n) is 7.02. The lowest BCUT2D eigenvalue weighted by atomic mass is 9.97. The number of hydrogen-bond acceptors (Lipinski definition) is 5. The fraction of sp³-hybridized carbons (Fsp3) is 0.357. The number of nitrogens with zero attached hydrogens (tertiary/aromatic N) is 3. The van der Waals surface area contributed by atoms with Crippen molar-refractivity contribution in [1.82, 2.24) is 15.1 Å². The minimum absolute atomic E-state index is 0.0797. The fourth-order valence-electron chi connectivity index (χ4n) is 2.51. The molecule has 0 saturated carbocycles. The number of nitrogens with one attached hydrogen (secondary N) is 1. The Labute approximate surface area is 132 Å². The molecule has 0 unspecified atom stereocenters. The zero-order valence-corrected chi connectivity index (χ0v) is 12.6. The van der Waals surface area contributed by atoms with Crippen molar-refractivity contribution in [2.24, 2.45) is 0 Å². The summed E-state index contributed by atoms with van der Waals surface area (Å²) in [5.74, 6) is 0.701. The molecule has 22 heavy (non-hydrogen) atoms. The summed E-state index contributed by atoms with van der Waals surface area (Å²) < 4.78 is 5.25. The van der Waals surface area contributed by atoms with E-state index in [4.69, 9.17) is 21.8 Å². The smallest absolute Gasteiger partial charge is 0.321 e. The Morgan fingerprint density at radius 1 is 1.36 bits per heavy atom. The molecule has 1 aromatic heterocycles. The number of carbonyl (C=O) groups excluding carboxylic acids is 1. The van der Waals surface area contributed by atoms with Crippen LogP contribution in [0.15, 0.2) is 28.7 Å². The highest BCUT2D eigenvalue weighted by Crippen LogP contribution is 2.27. The van der Waals surface area contributed by atoms with Gasteiger partial charge in [-0.2, -0.15) is 0 Å². The van der Waals surface area contributed by atoms with Crippen LogP contribution in [0, 0.1) is 0 Å². The Kier molecular flexibility index (Phi) is 4.15. The Balaban J connectivity index is 1.55. The predicted molar refractivity (Wildman–Crippen MR) is 82.7 cm³/mol. The molecule has 1 aliphatic rings. The normalized spacial score (nSPS) is 15.8. The van der Waals surface area contributed by atoms with Crippen LogP contribution in [0.3, 0.4) is 0 Å². The van der Waals surface area contributed by atoms with Crippen LogP contribution in [0.4, 0.5) is 16.5 Å². The molecule has 8 heteroatoms. The van der Waals surface area contributed by atoms with E-state index in [2.05, 4.69) is 15.5 Å². The largest absolute Gasteiger partial charge is 0.408 e. The first-order chi connectivity index (χ1) is 10.6. The summed E-state index contributed by atoms with van der Waals surface area (Å²) in [6, 6.07) is 7.02. The third-order valence-corrected chi connectivity index (χ3v) is 3.90. The first kappa shape index (κ1) is 14.6. The van der Waals surface area contributed by atoms with Crippen molar-refractivity contribution in [1.29, 1.82) is 0 Å². The average molecular weight is 322 g/mol. The molecule has 1 saturated heterocycles. The number of hydrogen-bond donors (Lipinski definition) is 2. The summed E-state index contributed by atoms with van der Waals surface area (Å²) in [4.78, 5) is 14.0. The number of likely N-dealkylation sites (tertiary alicyclic amines) is 1. The molecule has 2 amide bonds. The Morgan fingerprint density at radius 2 is 2.14 bits per heavy atom. The van der Waals surface area contributed by atoms with E-state index in [9.17, 15) is 4.79 Å². The number of amides is 2. The maximum absolute atomic E-state index is 12.2. The predicted octanol–water partition coefficient (Wildman–Crippen LogP) is 2.72.